The van der Waals surface area contributed by atoms with Crippen LogP contribution >= 0.6 is 0 Å². The Hall–Kier alpha value is -1.65. The van der Waals surface area contributed by atoms with Gasteiger partial charge in [0.1, 0.15) is 0 Å². The monoisotopic (exact) mass is 309 g/mol. The molecule has 11 heteroatoms. The molecule has 2 N–H and O–H groups in total. The Morgan fingerprint density at radius 1 is 1.05 bits per heavy atom. The summed E-state index contributed by atoms with van der Waals surface area (Å²) in [6, 6.07) is 1.13. The summed E-state index contributed by atoms with van der Waals surface area (Å²) in [7, 11) is -6.08. The van der Waals surface area contributed by atoms with Crippen LogP contribution in [-0.2, 0) is 16.3 Å². The van der Waals surface area contributed by atoms with E-state index in [1.807, 2.05) is 0 Å². The minimum Gasteiger partial charge on any atom is -0.396 e. The molecule has 19 heavy (non-hydrogen) atoms. The van der Waals surface area contributed by atoms with Crippen molar-refractivity contribution in [2.24, 2.45) is 0 Å². The van der Waals surface area contributed by atoms with Crippen LogP contribution in [0.15, 0.2) is 18.2 Å². The van der Waals surface area contributed by atoms with Gasteiger partial charge >= 0.3 is 21.8 Å². The predicted octanol–water partition coefficient (Wildman–Crippen LogP) is 2.52. The van der Waals surface area contributed by atoms with Gasteiger partial charge in [-0.05, 0) is 18.2 Å². The van der Waals surface area contributed by atoms with Crippen LogP contribution < -0.4 is 9.92 Å². The average Bonchev–Trinajstić information content (AvgIpc) is 2.17. The summed E-state index contributed by atoms with van der Waals surface area (Å²) in [4.78, 5) is 0. The maximum absolute atomic E-state index is 12.3. The highest BCUT2D eigenvalue weighted by molar-refractivity contribution is 7.88. The van der Waals surface area contributed by atoms with Gasteiger partial charge < -0.3 is 9.92 Å². The van der Waals surface area contributed by atoms with Crippen molar-refractivity contribution >= 4 is 15.8 Å². The van der Waals surface area contributed by atoms with E-state index in [0.717, 1.165) is 0 Å². The van der Waals surface area contributed by atoms with Crippen LogP contribution in [0.5, 0.6) is 5.75 Å². The summed E-state index contributed by atoms with van der Waals surface area (Å²) in [5, 5.41) is 0. The van der Waals surface area contributed by atoms with Crippen molar-refractivity contribution in [2.75, 3.05) is 5.73 Å². The maximum atomic E-state index is 12.3. The molecule has 0 aromatic heterocycles. The van der Waals surface area contributed by atoms with Crippen LogP contribution in [0.1, 0.15) is 5.56 Å². The van der Waals surface area contributed by atoms with Gasteiger partial charge in [-0.2, -0.15) is 34.8 Å². The molecule has 0 atom stereocenters. The molecule has 1 aromatic carbocycles. The van der Waals surface area contributed by atoms with E-state index in [1.54, 1.807) is 0 Å². The zero-order valence-corrected chi connectivity index (χ0v) is 9.53. The molecule has 0 saturated carbocycles. The van der Waals surface area contributed by atoms with E-state index in [1.165, 1.54) is 0 Å². The van der Waals surface area contributed by atoms with Crippen molar-refractivity contribution in [3.05, 3.63) is 23.8 Å². The van der Waals surface area contributed by atoms with Gasteiger partial charge in [0.2, 0.25) is 0 Å². The third kappa shape index (κ3) is 3.43. The summed E-state index contributed by atoms with van der Waals surface area (Å²) in [6.07, 6.45) is -4.88. The molecule has 0 aliphatic rings. The molecular formula is C8H5F6NO3S. The zero-order chi connectivity index (χ0) is 15.1. The quantitative estimate of drug-likeness (QED) is 0.394. The lowest BCUT2D eigenvalue weighted by Gasteiger charge is -2.13. The average molecular weight is 309 g/mol. The Labute approximate surface area is 102 Å². The van der Waals surface area contributed by atoms with E-state index < -0.39 is 38.8 Å². The summed E-state index contributed by atoms with van der Waals surface area (Å²) in [5.74, 6) is -1.24. The second kappa shape index (κ2) is 4.47. The van der Waals surface area contributed by atoms with Crippen molar-refractivity contribution in [1.82, 2.24) is 0 Å². The van der Waals surface area contributed by atoms with E-state index >= 15 is 0 Å². The number of hydrogen-bond donors (Lipinski definition) is 1. The number of hydrogen-bond acceptors (Lipinski definition) is 4. The Kier molecular flexibility index (Phi) is 3.63. The number of benzene rings is 1. The minimum atomic E-state index is -6.08. The predicted molar refractivity (Wildman–Crippen MR) is 51.5 cm³/mol. The molecule has 0 heterocycles. The van der Waals surface area contributed by atoms with Crippen LogP contribution in [0, 0.1) is 0 Å². The fourth-order valence-electron chi connectivity index (χ4n) is 0.948. The van der Waals surface area contributed by atoms with Crippen molar-refractivity contribution in [3.8, 4) is 5.75 Å². The van der Waals surface area contributed by atoms with Gasteiger partial charge in [0.25, 0.3) is 0 Å². The summed E-state index contributed by atoms with van der Waals surface area (Å²) >= 11 is 0. The first-order valence-electron chi connectivity index (χ1n) is 4.32. The van der Waals surface area contributed by atoms with Crippen LogP contribution in [-0.4, -0.2) is 13.9 Å². The van der Waals surface area contributed by atoms with Gasteiger partial charge in [-0.25, -0.2) is 0 Å². The highest BCUT2D eigenvalue weighted by atomic mass is 32.2. The molecule has 0 radical (unpaired) electrons. The molecule has 0 amide bonds. The van der Waals surface area contributed by atoms with Crippen LogP contribution in [0.3, 0.4) is 0 Å². The fourth-order valence-corrected chi connectivity index (χ4v) is 1.42. The van der Waals surface area contributed by atoms with E-state index in [4.69, 9.17) is 5.73 Å². The van der Waals surface area contributed by atoms with Gasteiger partial charge in [0.15, 0.2) is 5.75 Å². The SMILES string of the molecule is Nc1ccc(C(F)(F)F)cc1OS(=O)(=O)C(F)(F)F. The van der Waals surface area contributed by atoms with Gasteiger partial charge in [0, 0.05) is 0 Å². The molecule has 1 aromatic rings. The molecule has 4 nitrogen and oxygen atoms in total. The van der Waals surface area contributed by atoms with Crippen molar-refractivity contribution in [2.45, 2.75) is 11.7 Å². The molecule has 0 saturated heterocycles. The van der Waals surface area contributed by atoms with E-state index in [2.05, 4.69) is 4.18 Å². The molecule has 0 aliphatic heterocycles. The molecule has 1 rings (SSSR count). The van der Waals surface area contributed by atoms with E-state index in [-0.39, 0.29) is 6.07 Å². The minimum absolute atomic E-state index is 0.0681. The number of rotatable bonds is 2. The number of alkyl halides is 6. The zero-order valence-electron chi connectivity index (χ0n) is 8.71. The van der Waals surface area contributed by atoms with Crippen LogP contribution in [0.25, 0.3) is 0 Å². The molecule has 0 aliphatic carbocycles. The van der Waals surface area contributed by atoms with Crippen LogP contribution in [0.4, 0.5) is 32.0 Å². The second-order valence-corrected chi connectivity index (χ2v) is 4.77. The van der Waals surface area contributed by atoms with E-state index in [9.17, 15) is 34.8 Å². The third-order valence-electron chi connectivity index (χ3n) is 1.82. The smallest absolute Gasteiger partial charge is 0.396 e. The number of nitrogen functional groups attached to an aromatic ring is 1. The Morgan fingerprint density at radius 3 is 2.00 bits per heavy atom. The van der Waals surface area contributed by atoms with Crippen LogP contribution in [0.2, 0.25) is 0 Å². The van der Waals surface area contributed by atoms with Gasteiger partial charge in [-0.1, -0.05) is 0 Å². The van der Waals surface area contributed by atoms with Crippen molar-refractivity contribution in [1.29, 1.82) is 0 Å². The fraction of sp³-hybridized carbons (Fsp3) is 0.250. The molecule has 0 spiro atoms. The number of nitrogens with two attached hydrogens (primary N) is 1. The first-order chi connectivity index (χ1) is 8.34. The van der Waals surface area contributed by atoms with E-state index in [0.29, 0.717) is 12.1 Å². The second-order valence-electron chi connectivity index (χ2n) is 3.23. The Morgan fingerprint density at radius 2 is 1.58 bits per heavy atom. The lowest BCUT2D eigenvalue weighted by Crippen LogP contribution is -2.28. The van der Waals surface area contributed by atoms with Gasteiger partial charge in [-0.3, -0.25) is 0 Å². The Bertz CT molecular complexity index is 577. The molecule has 108 valence electrons. The topological polar surface area (TPSA) is 69.4 Å². The largest absolute Gasteiger partial charge is 0.534 e. The lowest BCUT2D eigenvalue weighted by atomic mass is 10.2. The highest BCUT2D eigenvalue weighted by Crippen LogP contribution is 2.36. The van der Waals surface area contributed by atoms with Gasteiger partial charge in [-0.15, -0.1) is 0 Å². The number of halogens is 6. The van der Waals surface area contributed by atoms with Crippen molar-refractivity contribution < 1.29 is 38.9 Å². The summed E-state index contributed by atoms with van der Waals surface area (Å²) < 4.78 is 97.8. The highest BCUT2D eigenvalue weighted by Gasteiger charge is 2.49. The summed E-state index contributed by atoms with van der Waals surface area (Å²) in [6.45, 7) is 0. The first kappa shape index (κ1) is 15.4. The van der Waals surface area contributed by atoms with Crippen molar-refractivity contribution in [3.63, 3.8) is 0 Å². The molecular weight excluding hydrogens is 304 g/mol. The first-order valence-corrected chi connectivity index (χ1v) is 5.73. The molecule has 0 unspecified atom stereocenters. The third-order valence-corrected chi connectivity index (χ3v) is 2.79. The normalized spacial score (nSPS) is 13.4. The Balaban J connectivity index is 3.23. The molecule has 0 fully saturated rings. The number of anilines is 1. The van der Waals surface area contributed by atoms with Gasteiger partial charge in [0.05, 0.1) is 11.3 Å². The maximum Gasteiger partial charge on any atom is 0.534 e. The standard InChI is InChI=1S/C8H5F6NO3S/c9-7(10,11)4-1-2-5(15)6(3-4)18-19(16,17)8(12,13)14/h1-3H,15H2. The lowest BCUT2D eigenvalue weighted by molar-refractivity contribution is -0.137. The molecule has 0 bridgehead atoms. The summed E-state index contributed by atoms with van der Waals surface area (Å²) in [5.41, 5.74) is -2.79.